The van der Waals surface area contributed by atoms with Gasteiger partial charge in [0.1, 0.15) is 5.75 Å². The molecule has 1 aliphatic rings. The van der Waals surface area contributed by atoms with Gasteiger partial charge in [0.25, 0.3) is 0 Å². The molecule has 1 atom stereocenters. The van der Waals surface area contributed by atoms with Gasteiger partial charge in [0.05, 0.1) is 26.0 Å². The van der Waals surface area contributed by atoms with Crippen LogP contribution in [0.1, 0.15) is 12.0 Å². The Balaban J connectivity index is 1.83. The second-order valence-electron chi connectivity index (χ2n) is 4.65. The molecule has 0 amide bonds. The van der Waals surface area contributed by atoms with Crippen LogP contribution in [0.15, 0.2) is 18.2 Å². The molecule has 4 nitrogen and oxygen atoms in total. The summed E-state index contributed by atoms with van der Waals surface area (Å²) in [6, 6.07) is 6.63. The van der Waals surface area contributed by atoms with Crippen LogP contribution in [-0.2, 0) is 4.74 Å². The second-order valence-corrected chi connectivity index (χ2v) is 4.65. The van der Waals surface area contributed by atoms with E-state index in [0.717, 1.165) is 44.2 Å². The zero-order valence-corrected chi connectivity index (χ0v) is 11.2. The zero-order chi connectivity index (χ0) is 12.8. The predicted octanol–water partition coefficient (Wildman–Crippen LogP) is 1.79. The molecule has 18 heavy (non-hydrogen) atoms. The average Bonchev–Trinajstić information content (AvgIpc) is 2.40. The highest BCUT2D eigenvalue weighted by atomic mass is 16.5. The lowest BCUT2D eigenvalue weighted by Crippen LogP contribution is -2.42. The minimum atomic E-state index is 0.460. The van der Waals surface area contributed by atoms with E-state index in [9.17, 15) is 0 Å². The third-order valence-corrected chi connectivity index (χ3v) is 3.16. The summed E-state index contributed by atoms with van der Waals surface area (Å²) in [5, 5.41) is 6.88. The van der Waals surface area contributed by atoms with E-state index in [2.05, 4.69) is 29.7 Å². The molecule has 2 rings (SSSR count). The summed E-state index contributed by atoms with van der Waals surface area (Å²) in [4.78, 5) is 0. The Labute approximate surface area is 109 Å². The molecule has 1 fully saturated rings. The van der Waals surface area contributed by atoms with Crippen LogP contribution in [0.3, 0.4) is 0 Å². The van der Waals surface area contributed by atoms with Gasteiger partial charge < -0.3 is 20.1 Å². The minimum Gasteiger partial charge on any atom is -0.495 e. The number of hydrogen-bond donors (Lipinski definition) is 2. The molecule has 1 heterocycles. The van der Waals surface area contributed by atoms with Gasteiger partial charge in [-0.1, -0.05) is 6.07 Å². The van der Waals surface area contributed by atoms with E-state index in [4.69, 9.17) is 9.47 Å². The van der Waals surface area contributed by atoms with Crippen LogP contribution in [0.25, 0.3) is 0 Å². The summed E-state index contributed by atoms with van der Waals surface area (Å²) in [6.07, 6.45) is 1.05. The monoisotopic (exact) mass is 250 g/mol. The first-order valence-corrected chi connectivity index (χ1v) is 6.49. The number of ether oxygens (including phenoxy) is 2. The Morgan fingerprint density at radius 2 is 2.39 bits per heavy atom. The third-order valence-electron chi connectivity index (χ3n) is 3.16. The second kappa shape index (κ2) is 6.61. The molecule has 4 heteroatoms. The molecule has 0 aliphatic carbocycles. The maximum atomic E-state index is 5.43. The van der Waals surface area contributed by atoms with Gasteiger partial charge in [-0.15, -0.1) is 0 Å². The van der Waals surface area contributed by atoms with Crippen molar-refractivity contribution in [1.82, 2.24) is 5.32 Å². The highest BCUT2D eigenvalue weighted by molar-refractivity contribution is 5.57. The summed E-state index contributed by atoms with van der Waals surface area (Å²) in [5.41, 5.74) is 2.30. The molecular weight excluding hydrogens is 228 g/mol. The lowest BCUT2D eigenvalue weighted by atomic mass is 10.1. The highest BCUT2D eigenvalue weighted by Crippen LogP contribution is 2.25. The fraction of sp³-hybridized carbons (Fsp3) is 0.571. The van der Waals surface area contributed by atoms with Gasteiger partial charge in [-0.05, 0) is 31.0 Å². The Bertz CT molecular complexity index is 376. The summed E-state index contributed by atoms with van der Waals surface area (Å²) in [6.45, 7) is 5.60. The number of benzene rings is 1. The van der Waals surface area contributed by atoms with E-state index in [1.54, 1.807) is 7.11 Å². The number of morpholine rings is 1. The maximum Gasteiger partial charge on any atom is 0.141 e. The summed E-state index contributed by atoms with van der Waals surface area (Å²) in [5.74, 6) is 0.897. The SMILES string of the molecule is COc1ccc(C)cc1NCCC1COCCN1. The van der Waals surface area contributed by atoms with Crippen molar-refractivity contribution in [2.75, 3.05) is 38.7 Å². The van der Waals surface area contributed by atoms with Crippen LogP contribution in [-0.4, -0.2) is 39.5 Å². The van der Waals surface area contributed by atoms with Crippen molar-refractivity contribution in [2.45, 2.75) is 19.4 Å². The molecule has 1 unspecified atom stereocenters. The predicted molar refractivity (Wildman–Crippen MR) is 73.4 cm³/mol. The van der Waals surface area contributed by atoms with E-state index in [0.29, 0.717) is 6.04 Å². The molecule has 0 bridgehead atoms. The van der Waals surface area contributed by atoms with Crippen molar-refractivity contribution in [2.24, 2.45) is 0 Å². The Hall–Kier alpha value is -1.26. The molecule has 0 spiro atoms. The fourth-order valence-corrected chi connectivity index (χ4v) is 2.15. The smallest absolute Gasteiger partial charge is 0.141 e. The van der Waals surface area contributed by atoms with Gasteiger partial charge in [0.2, 0.25) is 0 Å². The Morgan fingerprint density at radius 1 is 1.50 bits per heavy atom. The molecule has 1 aromatic carbocycles. The highest BCUT2D eigenvalue weighted by Gasteiger charge is 2.12. The third kappa shape index (κ3) is 3.62. The molecule has 100 valence electrons. The van der Waals surface area contributed by atoms with Crippen molar-refractivity contribution in [1.29, 1.82) is 0 Å². The average molecular weight is 250 g/mol. The fourth-order valence-electron chi connectivity index (χ4n) is 2.15. The number of methoxy groups -OCH3 is 1. The number of rotatable bonds is 5. The standard InChI is InChI=1S/C14H22N2O2/c1-11-3-4-14(17-2)13(9-11)16-6-5-12-10-18-8-7-15-12/h3-4,9,12,15-16H,5-8,10H2,1-2H3. The molecule has 0 aromatic heterocycles. The zero-order valence-electron chi connectivity index (χ0n) is 11.2. The molecule has 0 saturated carbocycles. The number of nitrogens with one attached hydrogen (secondary N) is 2. The summed E-state index contributed by atoms with van der Waals surface area (Å²) in [7, 11) is 1.70. The molecule has 1 saturated heterocycles. The molecule has 2 N–H and O–H groups in total. The minimum absolute atomic E-state index is 0.460. The van der Waals surface area contributed by atoms with Gasteiger partial charge in [-0.3, -0.25) is 0 Å². The summed E-state index contributed by atoms with van der Waals surface area (Å²) >= 11 is 0. The van der Waals surface area contributed by atoms with Crippen molar-refractivity contribution >= 4 is 5.69 Å². The van der Waals surface area contributed by atoms with E-state index in [1.165, 1.54) is 5.56 Å². The van der Waals surface area contributed by atoms with Gasteiger partial charge in [0.15, 0.2) is 0 Å². The van der Waals surface area contributed by atoms with Crippen LogP contribution >= 0.6 is 0 Å². The topological polar surface area (TPSA) is 42.5 Å². The van der Waals surface area contributed by atoms with Gasteiger partial charge in [-0.25, -0.2) is 0 Å². The quantitative estimate of drug-likeness (QED) is 0.836. The first-order valence-electron chi connectivity index (χ1n) is 6.49. The van der Waals surface area contributed by atoms with Crippen molar-refractivity contribution in [3.63, 3.8) is 0 Å². The first kappa shape index (κ1) is 13.2. The van der Waals surface area contributed by atoms with Crippen LogP contribution < -0.4 is 15.4 Å². The van der Waals surface area contributed by atoms with Crippen LogP contribution in [0.5, 0.6) is 5.75 Å². The largest absolute Gasteiger partial charge is 0.495 e. The Morgan fingerprint density at radius 3 is 3.11 bits per heavy atom. The lowest BCUT2D eigenvalue weighted by molar-refractivity contribution is 0.0753. The van der Waals surface area contributed by atoms with Crippen molar-refractivity contribution < 1.29 is 9.47 Å². The van der Waals surface area contributed by atoms with E-state index < -0.39 is 0 Å². The number of anilines is 1. The van der Waals surface area contributed by atoms with Crippen LogP contribution in [0.2, 0.25) is 0 Å². The van der Waals surface area contributed by atoms with Crippen LogP contribution in [0.4, 0.5) is 5.69 Å². The Kier molecular flexibility index (Phi) is 4.84. The maximum absolute atomic E-state index is 5.43. The molecule has 1 aliphatic heterocycles. The van der Waals surface area contributed by atoms with Gasteiger partial charge in [-0.2, -0.15) is 0 Å². The van der Waals surface area contributed by atoms with Gasteiger partial charge >= 0.3 is 0 Å². The van der Waals surface area contributed by atoms with E-state index >= 15 is 0 Å². The molecule has 0 radical (unpaired) electrons. The molecular formula is C14H22N2O2. The van der Waals surface area contributed by atoms with E-state index in [1.807, 2.05) is 6.07 Å². The molecule has 1 aromatic rings. The number of aryl methyl sites for hydroxylation is 1. The van der Waals surface area contributed by atoms with Gasteiger partial charge in [0, 0.05) is 19.1 Å². The normalized spacial score (nSPS) is 19.6. The number of hydrogen-bond acceptors (Lipinski definition) is 4. The van der Waals surface area contributed by atoms with E-state index in [-0.39, 0.29) is 0 Å². The summed E-state index contributed by atoms with van der Waals surface area (Å²) < 4.78 is 10.8. The first-order chi connectivity index (χ1) is 8.79. The van der Waals surface area contributed by atoms with Crippen molar-refractivity contribution in [3.8, 4) is 5.75 Å². The van der Waals surface area contributed by atoms with Crippen LogP contribution in [0, 0.1) is 6.92 Å². The van der Waals surface area contributed by atoms with Crippen molar-refractivity contribution in [3.05, 3.63) is 23.8 Å². The lowest BCUT2D eigenvalue weighted by Gasteiger charge is -2.24.